The number of aromatic nitrogens is 2. The zero-order chi connectivity index (χ0) is 13.7. The van der Waals surface area contributed by atoms with E-state index in [-0.39, 0.29) is 5.91 Å². The molecule has 5 heteroatoms. The van der Waals surface area contributed by atoms with Gasteiger partial charge in [-0.25, -0.2) is 9.97 Å². The molecule has 0 bridgehead atoms. The van der Waals surface area contributed by atoms with Gasteiger partial charge in [0, 0.05) is 12.2 Å². The quantitative estimate of drug-likeness (QED) is 0.881. The van der Waals surface area contributed by atoms with Crippen LogP contribution in [0.3, 0.4) is 0 Å². The molecule has 1 amide bonds. The predicted octanol–water partition coefficient (Wildman–Crippen LogP) is 2.47. The SMILES string of the molecule is CCNc1ccc(C)cc1C(=O)Nc1cncnc1. The first-order valence-electron chi connectivity index (χ1n) is 6.11. The summed E-state index contributed by atoms with van der Waals surface area (Å²) in [7, 11) is 0. The molecule has 1 aromatic carbocycles. The summed E-state index contributed by atoms with van der Waals surface area (Å²) in [5.74, 6) is -0.172. The molecular weight excluding hydrogens is 240 g/mol. The van der Waals surface area contributed by atoms with Gasteiger partial charge in [-0.2, -0.15) is 0 Å². The molecule has 0 unspecified atom stereocenters. The first kappa shape index (κ1) is 13.0. The van der Waals surface area contributed by atoms with Crippen LogP contribution in [0.2, 0.25) is 0 Å². The molecule has 0 aliphatic carbocycles. The monoisotopic (exact) mass is 256 g/mol. The molecular formula is C14H16N4O. The number of benzene rings is 1. The lowest BCUT2D eigenvalue weighted by atomic mass is 10.1. The van der Waals surface area contributed by atoms with Crippen molar-refractivity contribution in [1.82, 2.24) is 9.97 Å². The van der Waals surface area contributed by atoms with E-state index in [2.05, 4.69) is 20.6 Å². The third-order valence-electron chi connectivity index (χ3n) is 2.61. The van der Waals surface area contributed by atoms with Crippen molar-refractivity contribution < 1.29 is 4.79 Å². The van der Waals surface area contributed by atoms with Gasteiger partial charge < -0.3 is 10.6 Å². The summed E-state index contributed by atoms with van der Waals surface area (Å²) in [4.78, 5) is 20.0. The van der Waals surface area contributed by atoms with E-state index in [1.807, 2.05) is 32.0 Å². The summed E-state index contributed by atoms with van der Waals surface area (Å²) in [6.45, 7) is 4.71. The van der Waals surface area contributed by atoms with E-state index in [1.165, 1.54) is 6.33 Å². The van der Waals surface area contributed by atoms with Crippen LogP contribution in [0, 0.1) is 6.92 Å². The van der Waals surface area contributed by atoms with Gasteiger partial charge in [-0.3, -0.25) is 4.79 Å². The summed E-state index contributed by atoms with van der Waals surface area (Å²) in [5.41, 5.74) is 3.06. The molecule has 0 fully saturated rings. The van der Waals surface area contributed by atoms with Gasteiger partial charge in [-0.15, -0.1) is 0 Å². The number of aryl methyl sites for hydroxylation is 1. The lowest BCUT2D eigenvalue weighted by Crippen LogP contribution is -2.15. The van der Waals surface area contributed by atoms with Crippen molar-refractivity contribution >= 4 is 17.3 Å². The topological polar surface area (TPSA) is 66.9 Å². The molecule has 0 aliphatic heterocycles. The van der Waals surface area contributed by atoms with Crippen molar-refractivity contribution in [2.45, 2.75) is 13.8 Å². The van der Waals surface area contributed by atoms with Gasteiger partial charge in [0.25, 0.3) is 5.91 Å². The maximum atomic E-state index is 12.3. The summed E-state index contributed by atoms with van der Waals surface area (Å²) in [5, 5.41) is 5.96. The molecule has 1 aromatic heterocycles. The highest BCUT2D eigenvalue weighted by molar-refractivity contribution is 6.08. The zero-order valence-corrected chi connectivity index (χ0v) is 11.0. The number of amides is 1. The Balaban J connectivity index is 2.25. The van der Waals surface area contributed by atoms with Gasteiger partial charge in [0.15, 0.2) is 0 Å². The second kappa shape index (κ2) is 5.95. The molecule has 5 nitrogen and oxygen atoms in total. The Morgan fingerprint density at radius 2 is 2.00 bits per heavy atom. The molecule has 0 spiro atoms. The van der Waals surface area contributed by atoms with Gasteiger partial charge in [0.1, 0.15) is 6.33 Å². The molecule has 19 heavy (non-hydrogen) atoms. The van der Waals surface area contributed by atoms with Crippen LogP contribution in [0.4, 0.5) is 11.4 Å². The molecule has 0 aliphatic rings. The van der Waals surface area contributed by atoms with E-state index in [0.717, 1.165) is 17.8 Å². The summed E-state index contributed by atoms with van der Waals surface area (Å²) in [6.07, 6.45) is 4.55. The predicted molar refractivity (Wildman–Crippen MR) is 75.3 cm³/mol. The smallest absolute Gasteiger partial charge is 0.257 e. The average Bonchev–Trinajstić information content (AvgIpc) is 2.42. The minimum atomic E-state index is -0.172. The van der Waals surface area contributed by atoms with Gasteiger partial charge in [0.05, 0.1) is 23.6 Å². The van der Waals surface area contributed by atoms with Crippen LogP contribution < -0.4 is 10.6 Å². The summed E-state index contributed by atoms with van der Waals surface area (Å²) >= 11 is 0. The van der Waals surface area contributed by atoms with E-state index < -0.39 is 0 Å². The largest absolute Gasteiger partial charge is 0.385 e. The Morgan fingerprint density at radius 3 is 2.68 bits per heavy atom. The number of carbonyl (C=O) groups is 1. The van der Waals surface area contributed by atoms with Gasteiger partial charge in [0.2, 0.25) is 0 Å². The third kappa shape index (κ3) is 3.28. The van der Waals surface area contributed by atoms with Crippen LogP contribution in [0.1, 0.15) is 22.8 Å². The molecule has 0 atom stereocenters. The lowest BCUT2D eigenvalue weighted by molar-refractivity contribution is 0.102. The van der Waals surface area contributed by atoms with Crippen LogP contribution in [-0.2, 0) is 0 Å². The van der Waals surface area contributed by atoms with Gasteiger partial charge >= 0.3 is 0 Å². The van der Waals surface area contributed by atoms with Crippen molar-refractivity contribution in [3.05, 3.63) is 48.0 Å². The summed E-state index contributed by atoms with van der Waals surface area (Å²) < 4.78 is 0. The second-order valence-corrected chi connectivity index (χ2v) is 4.16. The highest BCUT2D eigenvalue weighted by atomic mass is 16.1. The van der Waals surface area contributed by atoms with E-state index in [9.17, 15) is 4.79 Å². The molecule has 98 valence electrons. The maximum absolute atomic E-state index is 12.3. The van der Waals surface area contributed by atoms with E-state index >= 15 is 0 Å². The van der Waals surface area contributed by atoms with Crippen LogP contribution >= 0.6 is 0 Å². The van der Waals surface area contributed by atoms with E-state index in [4.69, 9.17) is 0 Å². The molecule has 0 radical (unpaired) electrons. The second-order valence-electron chi connectivity index (χ2n) is 4.16. The number of hydrogen-bond acceptors (Lipinski definition) is 4. The van der Waals surface area contributed by atoms with E-state index in [0.29, 0.717) is 11.3 Å². The first-order valence-corrected chi connectivity index (χ1v) is 6.11. The van der Waals surface area contributed by atoms with Gasteiger partial charge in [-0.1, -0.05) is 11.6 Å². The Labute approximate surface area is 112 Å². The number of carbonyl (C=O) groups excluding carboxylic acids is 1. The Hall–Kier alpha value is -2.43. The van der Waals surface area contributed by atoms with Crippen molar-refractivity contribution in [2.75, 3.05) is 17.2 Å². The van der Waals surface area contributed by atoms with Crippen LogP contribution in [0.25, 0.3) is 0 Å². The average molecular weight is 256 g/mol. The highest BCUT2D eigenvalue weighted by Crippen LogP contribution is 2.18. The number of nitrogens with zero attached hydrogens (tertiary/aromatic N) is 2. The standard InChI is InChI=1S/C14H16N4O/c1-3-17-13-5-4-10(2)6-12(13)14(19)18-11-7-15-9-16-8-11/h4-9,17H,3H2,1-2H3,(H,18,19). The fourth-order valence-electron chi connectivity index (χ4n) is 1.75. The lowest BCUT2D eigenvalue weighted by Gasteiger charge is -2.11. The van der Waals surface area contributed by atoms with Gasteiger partial charge in [-0.05, 0) is 26.0 Å². The van der Waals surface area contributed by atoms with Crippen molar-refractivity contribution in [3.8, 4) is 0 Å². The fourth-order valence-corrected chi connectivity index (χ4v) is 1.75. The molecule has 2 aromatic rings. The zero-order valence-electron chi connectivity index (χ0n) is 11.0. The Kier molecular flexibility index (Phi) is 4.07. The number of anilines is 2. The third-order valence-corrected chi connectivity index (χ3v) is 2.61. The number of hydrogen-bond donors (Lipinski definition) is 2. The highest BCUT2D eigenvalue weighted by Gasteiger charge is 2.11. The minimum Gasteiger partial charge on any atom is -0.385 e. The van der Waals surface area contributed by atoms with Crippen molar-refractivity contribution in [2.24, 2.45) is 0 Å². The maximum Gasteiger partial charge on any atom is 0.257 e. The van der Waals surface area contributed by atoms with E-state index in [1.54, 1.807) is 12.4 Å². The van der Waals surface area contributed by atoms with Crippen LogP contribution in [-0.4, -0.2) is 22.4 Å². The van der Waals surface area contributed by atoms with Crippen molar-refractivity contribution in [1.29, 1.82) is 0 Å². The molecule has 0 saturated heterocycles. The Morgan fingerprint density at radius 1 is 1.26 bits per heavy atom. The molecule has 0 saturated carbocycles. The van der Waals surface area contributed by atoms with Crippen LogP contribution in [0.15, 0.2) is 36.9 Å². The number of nitrogens with one attached hydrogen (secondary N) is 2. The minimum absolute atomic E-state index is 0.172. The normalized spacial score (nSPS) is 10.0. The molecule has 2 rings (SSSR count). The van der Waals surface area contributed by atoms with Crippen LogP contribution in [0.5, 0.6) is 0 Å². The molecule has 1 heterocycles. The summed E-state index contributed by atoms with van der Waals surface area (Å²) in [6, 6.07) is 5.74. The first-order chi connectivity index (χ1) is 9.20. The molecule has 2 N–H and O–H groups in total. The number of rotatable bonds is 4. The Bertz CT molecular complexity index is 569. The van der Waals surface area contributed by atoms with Crippen molar-refractivity contribution in [3.63, 3.8) is 0 Å². The fraction of sp³-hybridized carbons (Fsp3) is 0.214.